The van der Waals surface area contributed by atoms with Gasteiger partial charge in [-0.15, -0.1) is 0 Å². The third-order valence-electron chi connectivity index (χ3n) is 2.74. The van der Waals surface area contributed by atoms with E-state index in [1.165, 1.54) is 13.2 Å². The van der Waals surface area contributed by atoms with E-state index in [0.717, 1.165) is 12.1 Å². The Morgan fingerprint density at radius 3 is 2.45 bits per heavy atom. The maximum Gasteiger partial charge on any atom is 0.416 e. The van der Waals surface area contributed by atoms with Gasteiger partial charge in [0.15, 0.2) is 5.05 Å². The summed E-state index contributed by atoms with van der Waals surface area (Å²) in [6.45, 7) is 0. The van der Waals surface area contributed by atoms with Crippen LogP contribution in [-0.2, 0) is 10.9 Å². The molecule has 2 aromatic rings. The highest BCUT2D eigenvalue weighted by atomic mass is 35.5. The van der Waals surface area contributed by atoms with Crippen LogP contribution in [-0.4, -0.2) is 12.2 Å². The number of methoxy groups -OCH3 is 1. The van der Waals surface area contributed by atoms with Crippen molar-refractivity contribution in [3.8, 4) is 11.5 Å². The zero-order chi connectivity index (χ0) is 16.3. The Morgan fingerprint density at radius 2 is 1.86 bits per heavy atom. The molecule has 0 atom stereocenters. The zero-order valence-electron chi connectivity index (χ0n) is 11.3. The second-order valence-corrected chi connectivity index (χ2v) is 5.04. The molecule has 2 rings (SSSR count). The smallest absolute Gasteiger partial charge is 0.416 e. The maximum absolute atomic E-state index is 12.6. The van der Waals surface area contributed by atoms with Crippen molar-refractivity contribution in [3.05, 3.63) is 58.6 Å². The summed E-state index contributed by atoms with van der Waals surface area (Å²) >= 11 is 10.8. The number of benzene rings is 2. The molecular formula is C15H10ClF3O2S. The minimum Gasteiger partial charge on any atom is -0.486 e. The van der Waals surface area contributed by atoms with Crippen molar-refractivity contribution in [1.82, 2.24) is 0 Å². The van der Waals surface area contributed by atoms with Crippen LogP contribution in [0.5, 0.6) is 11.5 Å². The Bertz CT molecular complexity index is 701. The molecule has 0 N–H and O–H groups in total. The van der Waals surface area contributed by atoms with Gasteiger partial charge < -0.3 is 9.47 Å². The molecule has 0 heterocycles. The van der Waals surface area contributed by atoms with Gasteiger partial charge in [-0.05, 0) is 42.5 Å². The molecule has 0 fully saturated rings. The van der Waals surface area contributed by atoms with Gasteiger partial charge in [-0.1, -0.05) is 23.7 Å². The molecule has 0 aliphatic carbocycles. The monoisotopic (exact) mass is 346 g/mol. The van der Waals surface area contributed by atoms with Gasteiger partial charge in [0.2, 0.25) is 0 Å². The van der Waals surface area contributed by atoms with E-state index in [9.17, 15) is 13.2 Å². The van der Waals surface area contributed by atoms with Crippen molar-refractivity contribution in [2.45, 2.75) is 6.18 Å². The van der Waals surface area contributed by atoms with Crippen LogP contribution in [0.3, 0.4) is 0 Å². The topological polar surface area (TPSA) is 18.5 Å². The van der Waals surface area contributed by atoms with Crippen LogP contribution >= 0.6 is 23.8 Å². The first-order chi connectivity index (χ1) is 10.3. The molecule has 22 heavy (non-hydrogen) atoms. The van der Waals surface area contributed by atoms with Crippen molar-refractivity contribution in [3.63, 3.8) is 0 Å². The van der Waals surface area contributed by atoms with Gasteiger partial charge in [0, 0.05) is 5.56 Å². The molecule has 0 bridgehead atoms. The lowest BCUT2D eigenvalue weighted by atomic mass is 10.2. The lowest BCUT2D eigenvalue weighted by molar-refractivity contribution is -0.137. The Hall–Kier alpha value is -1.79. The zero-order valence-corrected chi connectivity index (χ0v) is 12.9. The van der Waals surface area contributed by atoms with Gasteiger partial charge in [0.1, 0.15) is 11.5 Å². The predicted molar refractivity (Wildman–Crippen MR) is 81.7 cm³/mol. The van der Waals surface area contributed by atoms with Crippen molar-refractivity contribution in [1.29, 1.82) is 0 Å². The van der Waals surface area contributed by atoms with E-state index in [2.05, 4.69) is 0 Å². The summed E-state index contributed by atoms with van der Waals surface area (Å²) < 4.78 is 48.2. The standard InChI is InChI=1S/C15H10ClF3O2S/c1-20-14(22)9-3-2-4-11(7-9)21-13-6-5-10(8-12(13)16)15(17,18)19/h2-8H,1H3. The number of hydrogen-bond acceptors (Lipinski definition) is 3. The molecular weight excluding hydrogens is 337 g/mol. The molecule has 2 aromatic carbocycles. The molecule has 0 unspecified atom stereocenters. The van der Waals surface area contributed by atoms with Gasteiger partial charge >= 0.3 is 6.18 Å². The van der Waals surface area contributed by atoms with E-state index in [1.54, 1.807) is 24.3 Å². The molecule has 116 valence electrons. The van der Waals surface area contributed by atoms with Crippen molar-refractivity contribution in [2.24, 2.45) is 0 Å². The fourth-order valence-corrected chi connectivity index (χ4v) is 2.04. The summed E-state index contributed by atoms with van der Waals surface area (Å²) in [6, 6.07) is 9.56. The van der Waals surface area contributed by atoms with E-state index in [-0.39, 0.29) is 15.8 Å². The van der Waals surface area contributed by atoms with Gasteiger partial charge in [0.25, 0.3) is 0 Å². The van der Waals surface area contributed by atoms with E-state index < -0.39 is 11.7 Å². The molecule has 0 saturated carbocycles. The van der Waals surface area contributed by atoms with Crippen molar-refractivity contribution < 1.29 is 22.6 Å². The van der Waals surface area contributed by atoms with Gasteiger partial charge in [-0.3, -0.25) is 0 Å². The molecule has 0 aliphatic heterocycles. The molecule has 0 aliphatic rings. The number of halogens is 4. The number of ether oxygens (including phenoxy) is 2. The van der Waals surface area contributed by atoms with E-state index in [1.807, 2.05) is 0 Å². The minimum atomic E-state index is -4.45. The minimum absolute atomic E-state index is 0.121. The van der Waals surface area contributed by atoms with Crippen LogP contribution in [0.25, 0.3) is 0 Å². The first kappa shape index (κ1) is 16.6. The average molecular weight is 347 g/mol. The average Bonchev–Trinajstić information content (AvgIpc) is 2.47. The number of alkyl halides is 3. The van der Waals surface area contributed by atoms with Crippen LogP contribution in [0, 0.1) is 0 Å². The molecule has 0 spiro atoms. The van der Waals surface area contributed by atoms with Crippen LogP contribution in [0.15, 0.2) is 42.5 Å². The number of thiocarbonyl (C=S) groups is 1. The lowest BCUT2D eigenvalue weighted by Crippen LogP contribution is -2.04. The summed E-state index contributed by atoms with van der Waals surface area (Å²) in [7, 11) is 1.45. The van der Waals surface area contributed by atoms with Crippen molar-refractivity contribution in [2.75, 3.05) is 7.11 Å². The second-order valence-electron chi connectivity index (χ2n) is 4.26. The van der Waals surface area contributed by atoms with Gasteiger partial charge in [-0.25, -0.2) is 0 Å². The highest BCUT2D eigenvalue weighted by Gasteiger charge is 2.31. The number of hydrogen-bond donors (Lipinski definition) is 0. The van der Waals surface area contributed by atoms with E-state index in [0.29, 0.717) is 11.3 Å². The highest BCUT2D eigenvalue weighted by Crippen LogP contribution is 2.36. The van der Waals surface area contributed by atoms with Crippen LogP contribution < -0.4 is 4.74 Å². The molecule has 0 aromatic heterocycles. The first-order valence-electron chi connectivity index (χ1n) is 6.04. The Morgan fingerprint density at radius 1 is 1.14 bits per heavy atom. The van der Waals surface area contributed by atoms with Gasteiger partial charge in [-0.2, -0.15) is 13.2 Å². The molecule has 7 heteroatoms. The fourth-order valence-electron chi connectivity index (χ4n) is 1.69. The highest BCUT2D eigenvalue weighted by molar-refractivity contribution is 7.80. The SMILES string of the molecule is COC(=S)c1cccc(Oc2ccc(C(F)(F)F)cc2Cl)c1. The van der Waals surface area contributed by atoms with E-state index in [4.69, 9.17) is 33.3 Å². The maximum atomic E-state index is 12.6. The van der Waals surface area contributed by atoms with Gasteiger partial charge in [0.05, 0.1) is 17.7 Å². The second kappa shape index (κ2) is 6.54. The summed E-state index contributed by atoms with van der Waals surface area (Å²) in [4.78, 5) is 0. The predicted octanol–water partition coefficient (Wildman–Crippen LogP) is 5.47. The van der Waals surface area contributed by atoms with E-state index >= 15 is 0 Å². The Kier molecular flexibility index (Phi) is 4.93. The Labute approximate surface area is 135 Å². The third kappa shape index (κ3) is 3.90. The molecule has 0 amide bonds. The lowest BCUT2D eigenvalue weighted by Gasteiger charge is -2.12. The summed E-state index contributed by atoms with van der Waals surface area (Å²) in [5.74, 6) is 0.508. The van der Waals surface area contributed by atoms with Crippen LogP contribution in [0.2, 0.25) is 5.02 Å². The largest absolute Gasteiger partial charge is 0.486 e. The summed E-state index contributed by atoms with van der Waals surface area (Å²) in [5.41, 5.74) is -0.211. The fraction of sp³-hybridized carbons (Fsp3) is 0.133. The molecule has 2 nitrogen and oxygen atoms in total. The normalized spacial score (nSPS) is 11.1. The first-order valence-corrected chi connectivity index (χ1v) is 6.83. The molecule has 0 saturated heterocycles. The summed E-state index contributed by atoms with van der Waals surface area (Å²) in [5, 5.41) is 0.151. The summed E-state index contributed by atoms with van der Waals surface area (Å²) in [6.07, 6.45) is -4.45. The van der Waals surface area contributed by atoms with Crippen LogP contribution in [0.4, 0.5) is 13.2 Å². The third-order valence-corrected chi connectivity index (χ3v) is 3.44. The Balaban J connectivity index is 2.26. The van der Waals surface area contributed by atoms with Crippen LogP contribution in [0.1, 0.15) is 11.1 Å². The quantitative estimate of drug-likeness (QED) is 0.686. The molecule has 0 radical (unpaired) electrons. The van der Waals surface area contributed by atoms with Crippen molar-refractivity contribution >= 4 is 28.9 Å². The number of rotatable bonds is 3.